The summed E-state index contributed by atoms with van der Waals surface area (Å²) in [6.45, 7) is 8.78. The summed E-state index contributed by atoms with van der Waals surface area (Å²) >= 11 is 2.89. The summed E-state index contributed by atoms with van der Waals surface area (Å²) in [5.41, 5.74) is 5.62. The third-order valence-electron chi connectivity index (χ3n) is 6.61. The average Bonchev–Trinajstić information content (AvgIpc) is 3.70. The van der Waals surface area contributed by atoms with Gasteiger partial charge in [0.05, 0.1) is 20.8 Å². The smallest absolute Gasteiger partial charge is 0.407 e. The molecule has 0 fully saturated rings. The minimum absolute atomic E-state index is 0.0338. The molecule has 4 aromatic rings. The van der Waals surface area contributed by atoms with Gasteiger partial charge in [-0.1, -0.05) is 81.4 Å². The lowest BCUT2D eigenvalue weighted by Crippen LogP contribution is -2.52. The number of alkyl carbamates (subject to hydrolysis) is 2. The lowest BCUT2D eigenvalue weighted by Gasteiger charge is -2.35. The van der Waals surface area contributed by atoms with Gasteiger partial charge >= 0.3 is 12.2 Å². The van der Waals surface area contributed by atoms with Gasteiger partial charge in [-0.15, -0.1) is 22.7 Å². The summed E-state index contributed by atoms with van der Waals surface area (Å²) in [5.74, 6) is 0. The molecule has 0 unspecified atom stereocenters. The van der Waals surface area contributed by atoms with Crippen LogP contribution in [0.4, 0.5) is 9.59 Å². The highest BCUT2D eigenvalue weighted by Crippen LogP contribution is 2.18. The summed E-state index contributed by atoms with van der Waals surface area (Å²) < 4.78 is 11.1. The molecule has 2 atom stereocenters. The van der Waals surface area contributed by atoms with E-state index >= 15 is 0 Å². The van der Waals surface area contributed by atoms with E-state index in [1.165, 1.54) is 22.7 Å². The van der Waals surface area contributed by atoms with Crippen LogP contribution in [0.25, 0.3) is 0 Å². The van der Waals surface area contributed by atoms with E-state index in [0.29, 0.717) is 25.9 Å². The van der Waals surface area contributed by atoms with E-state index in [4.69, 9.17) is 9.47 Å². The second-order valence-corrected chi connectivity index (χ2v) is 13.8. The number of carbonyl (C=O) groups excluding carboxylic acids is 2. The van der Waals surface area contributed by atoms with Crippen molar-refractivity contribution in [1.29, 1.82) is 0 Å². The number of carbonyl (C=O) groups is 2. The topological polar surface area (TPSA) is 106 Å². The zero-order chi connectivity index (χ0) is 31.2. The van der Waals surface area contributed by atoms with Gasteiger partial charge in [0.2, 0.25) is 0 Å². The van der Waals surface area contributed by atoms with Crippen LogP contribution in [0.15, 0.2) is 84.1 Å². The van der Waals surface area contributed by atoms with E-state index in [-0.39, 0.29) is 30.7 Å². The highest BCUT2D eigenvalue weighted by molar-refractivity contribution is 7.09. The molecule has 0 radical (unpaired) electrons. The lowest BCUT2D eigenvalue weighted by atomic mass is 9.94. The van der Waals surface area contributed by atoms with Crippen molar-refractivity contribution in [1.82, 2.24) is 25.5 Å². The number of hydrogen-bond acceptors (Lipinski definition) is 9. The molecule has 2 aromatic carbocycles. The minimum Gasteiger partial charge on any atom is -0.444 e. The molecule has 0 spiro atoms. The molecule has 0 saturated carbocycles. The fourth-order valence-electron chi connectivity index (χ4n) is 4.93. The van der Waals surface area contributed by atoms with Crippen LogP contribution >= 0.6 is 22.7 Å². The molecule has 0 aliphatic heterocycles. The van der Waals surface area contributed by atoms with Crippen molar-refractivity contribution in [2.24, 2.45) is 5.41 Å². The molecule has 11 heteroatoms. The van der Waals surface area contributed by atoms with Crippen molar-refractivity contribution in [2.45, 2.75) is 58.9 Å². The molecule has 2 N–H and O–H groups in total. The van der Waals surface area contributed by atoms with Gasteiger partial charge in [0.25, 0.3) is 0 Å². The number of rotatable bonds is 15. The van der Waals surface area contributed by atoms with Crippen LogP contribution in [-0.4, -0.2) is 58.8 Å². The van der Waals surface area contributed by atoms with Crippen LogP contribution < -0.4 is 10.6 Å². The first-order valence-corrected chi connectivity index (χ1v) is 16.4. The molecule has 2 amide bonds. The Balaban J connectivity index is 1.49. The highest BCUT2D eigenvalue weighted by Gasteiger charge is 2.26. The normalized spacial score (nSPS) is 12.8. The van der Waals surface area contributed by atoms with Gasteiger partial charge < -0.3 is 20.1 Å². The first kappa shape index (κ1) is 33.1. The maximum absolute atomic E-state index is 12.9. The van der Waals surface area contributed by atoms with Crippen molar-refractivity contribution < 1.29 is 19.1 Å². The summed E-state index contributed by atoms with van der Waals surface area (Å²) in [7, 11) is 0. The molecule has 0 aliphatic carbocycles. The molecule has 9 nitrogen and oxygen atoms in total. The van der Waals surface area contributed by atoms with Gasteiger partial charge in [-0.05, 0) is 29.4 Å². The van der Waals surface area contributed by atoms with Crippen molar-refractivity contribution in [3.63, 3.8) is 0 Å². The maximum Gasteiger partial charge on any atom is 0.407 e. The molecule has 2 heterocycles. The summed E-state index contributed by atoms with van der Waals surface area (Å²) in [5, 5.41) is 6.22. The Hall–Kier alpha value is -3.80. The average molecular weight is 636 g/mol. The van der Waals surface area contributed by atoms with Gasteiger partial charge in [0.1, 0.15) is 13.2 Å². The highest BCUT2D eigenvalue weighted by atomic mass is 32.1. The van der Waals surface area contributed by atoms with Crippen molar-refractivity contribution in [3.05, 3.63) is 105 Å². The predicted octanol–water partition coefficient (Wildman–Crippen LogP) is 6.32. The second kappa shape index (κ2) is 16.9. The van der Waals surface area contributed by atoms with Crippen molar-refractivity contribution in [3.8, 4) is 0 Å². The molecular weight excluding hydrogens is 595 g/mol. The third kappa shape index (κ3) is 12.4. The summed E-state index contributed by atoms with van der Waals surface area (Å²) in [6.07, 6.45) is 3.72. The van der Waals surface area contributed by atoms with E-state index < -0.39 is 12.2 Å². The van der Waals surface area contributed by atoms with Crippen LogP contribution in [-0.2, 0) is 35.5 Å². The van der Waals surface area contributed by atoms with Crippen molar-refractivity contribution >= 4 is 34.9 Å². The number of nitrogens with zero attached hydrogens (tertiary/aromatic N) is 3. The molecule has 234 valence electrons. The van der Waals surface area contributed by atoms with Gasteiger partial charge in [-0.2, -0.15) is 0 Å². The fraction of sp³-hybridized carbons (Fsp3) is 0.394. The largest absolute Gasteiger partial charge is 0.444 e. The molecule has 0 bridgehead atoms. The van der Waals surface area contributed by atoms with Crippen LogP contribution in [0.3, 0.4) is 0 Å². The number of aromatic nitrogens is 2. The minimum atomic E-state index is -0.472. The van der Waals surface area contributed by atoms with E-state index in [2.05, 4.69) is 70.5 Å². The number of hydrogen-bond donors (Lipinski definition) is 2. The Morgan fingerprint density at radius 3 is 1.55 bits per heavy atom. The van der Waals surface area contributed by atoms with Crippen LogP contribution in [0, 0.1) is 5.41 Å². The standard InChI is InChI=1S/C33H41N5O4S2/c1-33(2,3)22-38(18-27(14-25-10-6-4-7-11-25)36-31(39)41-20-29-16-34-23-43-29)19-28(15-26-12-8-5-9-13-26)37-32(40)42-21-30-17-35-24-44-30/h4-13,16-17,23-24,27-28H,14-15,18-22H2,1-3H3,(H,36,39)(H,37,40)/t27-,28+. The lowest BCUT2D eigenvalue weighted by molar-refractivity contribution is 0.119. The Morgan fingerprint density at radius 1 is 0.750 bits per heavy atom. The Labute approximate surface area is 267 Å². The van der Waals surface area contributed by atoms with Gasteiger partial charge in [-0.3, -0.25) is 14.9 Å². The van der Waals surface area contributed by atoms with E-state index in [1.54, 1.807) is 23.4 Å². The summed E-state index contributed by atoms with van der Waals surface area (Å²) in [6, 6.07) is 19.7. The fourth-order valence-corrected chi connectivity index (χ4v) is 5.95. The van der Waals surface area contributed by atoms with Crippen molar-refractivity contribution in [2.75, 3.05) is 19.6 Å². The Morgan fingerprint density at radius 2 is 1.18 bits per heavy atom. The second-order valence-electron chi connectivity index (χ2n) is 11.9. The Bertz CT molecular complexity index is 1280. The maximum atomic E-state index is 12.9. The predicted molar refractivity (Wildman–Crippen MR) is 175 cm³/mol. The molecule has 0 saturated heterocycles. The molecule has 44 heavy (non-hydrogen) atoms. The third-order valence-corrected chi connectivity index (χ3v) is 8.11. The molecular formula is C33H41N5O4S2. The van der Waals surface area contributed by atoms with E-state index in [1.807, 2.05) is 36.4 Å². The van der Waals surface area contributed by atoms with Crippen LogP contribution in [0.2, 0.25) is 0 Å². The van der Waals surface area contributed by atoms with E-state index in [9.17, 15) is 9.59 Å². The monoisotopic (exact) mass is 635 g/mol. The molecule has 2 aromatic heterocycles. The van der Waals surface area contributed by atoms with E-state index in [0.717, 1.165) is 27.4 Å². The molecule has 0 aliphatic rings. The number of thiazole rings is 2. The quantitative estimate of drug-likeness (QED) is 0.157. The number of benzene rings is 2. The number of amides is 2. The van der Waals surface area contributed by atoms with Crippen LogP contribution in [0.1, 0.15) is 41.7 Å². The number of ether oxygens (including phenoxy) is 2. The molecule has 4 rings (SSSR count). The zero-order valence-corrected chi connectivity index (χ0v) is 27.1. The van der Waals surface area contributed by atoms with Gasteiger partial charge in [0, 0.05) is 44.1 Å². The number of nitrogens with one attached hydrogen (secondary N) is 2. The van der Waals surface area contributed by atoms with Gasteiger partial charge in [-0.25, -0.2) is 9.59 Å². The zero-order valence-electron chi connectivity index (χ0n) is 25.5. The first-order valence-electron chi connectivity index (χ1n) is 14.6. The first-order chi connectivity index (χ1) is 21.2. The Kier molecular flexibility index (Phi) is 12.7. The van der Waals surface area contributed by atoms with Gasteiger partial charge in [0.15, 0.2) is 0 Å². The summed E-state index contributed by atoms with van der Waals surface area (Å²) in [4.78, 5) is 38.1. The van der Waals surface area contributed by atoms with Crippen LogP contribution in [0.5, 0.6) is 0 Å². The SMILES string of the molecule is CC(C)(C)CN(C[C@@H](Cc1ccccc1)NC(=O)OCc1cncs1)C[C@H](Cc1ccccc1)NC(=O)OCc1cncs1.